The monoisotopic (exact) mass is 274 g/mol. The van der Waals surface area contributed by atoms with E-state index in [1.54, 1.807) is 12.4 Å². The molecule has 104 valence electrons. The molecule has 4 N–H and O–H groups in total. The molecule has 0 spiro atoms. The van der Waals surface area contributed by atoms with Crippen molar-refractivity contribution in [1.82, 2.24) is 9.97 Å². The van der Waals surface area contributed by atoms with Gasteiger partial charge >= 0.3 is 0 Å². The standard InChI is InChI=1S/C12H14N6O2/c1-8-6-14-3-2-9(8)7-15-11-4-10(18(19)20)5-12(16-11)17-13/h2-6H,7,13H2,1H3,(H2,15,16,17). The van der Waals surface area contributed by atoms with Gasteiger partial charge in [-0.3, -0.25) is 15.1 Å². The summed E-state index contributed by atoms with van der Waals surface area (Å²) in [4.78, 5) is 18.4. The number of hydrogen-bond acceptors (Lipinski definition) is 7. The number of pyridine rings is 2. The van der Waals surface area contributed by atoms with Crippen molar-refractivity contribution in [2.24, 2.45) is 5.84 Å². The van der Waals surface area contributed by atoms with Crippen LogP contribution in [0.5, 0.6) is 0 Å². The first kappa shape index (κ1) is 13.7. The summed E-state index contributed by atoms with van der Waals surface area (Å²) in [6.45, 7) is 2.43. The molecular weight excluding hydrogens is 260 g/mol. The first-order valence-electron chi connectivity index (χ1n) is 5.86. The third kappa shape index (κ3) is 3.18. The summed E-state index contributed by atoms with van der Waals surface area (Å²) in [5.74, 6) is 5.86. The van der Waals surface area contributed by atoms with Crippen LogP contribution in [0.1, 0.15) is 11.1 Å². The number of nitrogens with one attached hydrogen (secondary N) is 2. The highest BCUT2D eigenvalue weighted by atomic mass is 16.6. The topological polar surface area (TPSA) is 119 Å². The Bertz CT molecular complexity index is 631. The van der Waals surface area contributed by atoms with Crippen molar-refractivity contribution < 1.29 is 4.92 Å². The van der Waals surface area contributed by atoms with Gasteiger partial charge in [0.2, 0.25) is 0 Å². The first-order chi connectivity index (χ1) is 9.60. The quantitative estimate of drug-likeness (QED) is 0.430. The van der Waals surface area contributed by atoms with Crippen LogP contribution in [0.2, 0.25) is 0 Å². The lowest BCUT2D eigenvalue weighted by Gasteiger charge is -2.09. The smallest absolute Gasteiger partial charge is 0.276 e. The molecule has 8 nitrogen and oxygen atoms in total. The molecule has 0 saturated carbocycles. The van der Waals surface area contributed by atoms with Crippen LogP contribution >= 0.6 is 0 Å². The number of aryl methyl sites for hydroxylation is 1. The molecule has 0 saturated heterocycles. The van der Waals surface area contributed by atoms with Crippen LogP contribution in [-0.2, 0) is 6.54 Å². The molecule has 0 fully saturated rings. The van der Waals surface area contributed by atoms with Crippen LogP contribution in [0.4, 0.5) is 17.3 Å². The fourth-order valence-electron chi connectivity index (χ4n) is 1.67. The number of nitrogens with zero attached hydrogens (tertiary/aromatic N) is 3. The van der Waals surface area contributed by atoms with Crippen molar-refractivity contribution >= 4 is 17.3 Å². The van der Waals surface area contributed by atoms with Crippen molar-refractivity contribution in [1.29, 1.82) is 0 Å². The Balaban J connectivity index is 2.19. The fourth-order valence-corrected chi connectivity index (χ4v) is 1.67. The van der Waals surface area contributed by atoms with E-state index in [1.165, 1.54) is 12.1 Å². The summed E-state index contributed by atoms with van der Waals surface area (Å²) in [7, 11) is 0. The maximum atomic E-state index is 10.8. The molecule has 0 aliphatic rings. The molecule has 2 heterocycles. The second kappa shape index (κ2) is 5.93. The molecule has 0 aliphatic carbocycles. The summed E-state index contributed by atoms with van der Waals surface area (Å²) < 4.78 is 0. The van der Waals surface area contributed by atoms with Crippen LogP contribution in [-0.4, -0.2) is 14.9 Å². The van der Waals surface area contributed by atoms with Gasteiger partial charge in [0.05, 0.1) is 17.1 Å². The third-order valence-corrected chi connectivity index (χ3v) is 2.77. The summed E-state index contributed by atoms with van der Waals surface area (Å²) in [6.07, 6.45) is 3.45. The second-order valence-corrected chi connectivity index (χ2v) is 4.15. The number of nitrogens with two attached hydrogens (primary N) is 1. The van der Waals surface area contributed by atoms with E-state index < -0.39 is 4.92 Å². The molecule has 2 aromatic heterocycles. The number of hydrogen-bond donors (Lipinski definition) is 3. The van der Waals surface area contributed by atoms with Gasteiger partial charge < -0.3 is 10.7 Å². The van der Waals surface area contributed by atoms with Gasteiger partial charge in [0.25, 0.3) is 5.69 Å². The Morgan fingerprint density at radius 3 is 2.80 bits per heavy atom. The number of anilines is 2. The predicted molar refractivity (Wildman–Crippen MR) is 75.0 cm³/mol. The minimum absolute atomic E-state index is 0.0816. The van der Waals surface area contributed by atoms with Gasteiger partial charge in [-0.15, -0.1) is 0 Å². The lowest BCUT2D eigenvalue weighted by atomic mass is 10.1. The molecule has 0 atom stereocenters. The molecule has 0 unspecified atom stereocenters. The van der Waals surface area contributed by atoms with E-state index in [2.05, 4.69) is 20.7 Å². The maximum Gasteiger partial charge on any atom is 0.276 e. The number of nitrogen functional groups attached to an aromatic ring is 1. The van der Waals surface area contributed by atoms with E-state index in [0.717, 1.165) is 11.1 Å². The van der Waals surface area contributed by atoms with Gasteiger partial charge in [-0.25, -0.2) is 10.8 Å². The van der Waals surface area contributed by atoms with Gasteiger partial charge in [-0.05, 0) is 24.1 Å². The Hall–Kier alpha value is -2.74. The summed E-state index contributed by atoms with van der Waals surface area (Å²) in [6, 6.07) is 4.50. The van der Waals surface area contributed by atoms with Gasteiger partial charge in [-0.2, -0.15) is 0 Å². The van der Waals surface area contributed by atoms with E-state index in [-0.39, 0.29) is 11.5 Å². The summed E-state index contributed by atoms with van der Waals surface area (Å²) >= 11 is 0. The van der Waals surface area contributed by atoms with Crippen LogP contribution < -0.4 is 16.6 Å². The van der Waals surface area contributed by atoms with Crippen LogP contribution in [0.3, 0.4) is 0 Å². The molecule has 0 radical (unpaired) electrons. The van der Waals surface area contributed by atoms with E-state index >= 15 is 0 Å². The molecule has 2 aromatic rings. The number of aromatic nitrogens is 2. The van der Waals surface area contributed by atoms with Crippen LogP contribution in [0, 0.1) is 17.0 Å². The predicted octanol–water partition coefficient (Wildman–Crippen LogP) is 1.59. The van der Waals surface area contributed by atoms with Gasteiger partial charge in [0.1, 0.15) is 11.6 Å². The molecule has 20 heavy (non-hydrogen) atoms. The largest absolute Gasteiger partial charge is 0.366 e. The zero-order chi connectivity index (χ0) is 14.5. The molecule has 0 aliphatic heterocycles. The first-order valence-corrected chi connectivity index (χ1v) is 5.86. The van der Waals surface area contributed by atoms with E-state index in [0.29, 0.717) is 12.4 Å². The number of rotatable bonds is 5. The summed E-state index contributed by atoms with van der Waals surface area (Å²) in [5.41, 5.74) is 4.29. The number of nitro groups is 1. The van der Waals surface area contributed by atoms with Gasteiger partial charge in [0.15, 0.2) is 0 Å². The second-order valence-electron chi connectivity index (χ2n) is 4.15. The summed E-state index contributed by atoms with van der Waals surface area (Å²) in [5, 5.41) is 13.9. The molecule has 8 heteroatoms. The Kier molecular flexibility index (Phi) is 4.06. The van der Waals surface area contributed by atoms with Gasteiger partial charge in [-0.1, -0.05) is 0 Å². The van der Waals surface area contributed by atoms with E-state index in [4.69, 9.17) is 5.84 Å². The zero-order valence-electron chi connectivity index (χ0n) is 10.8. The Morgan fingerprint density at radius 1 is 1.40 bits per heavy atom. The molecular formula is C12H14N6O2. The normalized spacial score (nSPS) is 10.1. The minimum atomic E-state index is -0.495. The highest BCUT2D eigenvalue weighted by molar-refractivity contribution is 5.54. The van der Waals surface area contributed by atoms with Crippen LogP contribution in [0.25, 0.3) is 0 Å². The zero-order valence-corrected chi connectivity index (χ0v) is 10.8. The van der Waals surface area contributed by atoms with E-state index in [1.807, 2.05) is 13.0 Å². The lowest BCUT2D eigenvalue weighted by molar-refractivity contribution is -0.384. The van der Waals surface area contributed by atoms with Crippen LogP contribution in [0.15, 0.2) is 30.6 Å². The molecule has 0 bridgehead atoms. The van der Waals surface area contributed by atoms with Crippen molar-refractivity contribution in [3.8, 4) is 0 Å². The minimum Gasteiger partial charge on any atom is -0.366 e. The SMILES string of the molecule is Cc1cnccc1CNc1cc([N+](=O)[O-])cc(NN)n1. The molecule has 0 aromatic carbocycles. The molecule has 0 amide bonds. The highest BCUT2D eigenvalue weighted by Gasteiger charge is 2.10. The average Bonchev–Trinajstić information content (AvgIpc) is 2.46. The van der Waals surface area contributed by atoms with E-state index in [9.17, 15) is 10.1 Å². The Morgan fingerprint density at radius 2 is 2.15 bits per heavy atom. The maximum absolute atomic E-state index is 10.8. The average molecular weight is 274 g/mol. The fraction of sp³-hybridized carbons (Fsp3) is 0.167. The lowest BCUT2D eigenvalue weighted by Crippen LogP contribution is -2.11. The van der Waals surface area contributed by atoms with Crippen molar-refractivity contribution in [2.75, 3.05) is 10.7 Å². The third-order valence-electron chi connectivity index (χ3n) is 2.77. The van der Waals surface area contributed by atoms with Crippen molar-refractivity contribution in [2.45, 2.75) is 13.5 Å². The van der Waals surface area contributed by atoms with Gasteiger partial charge in [0, 0.05) is 18.9 Å². The number of hydrazine groups is 1. The highest BCUT2D eigenvalue weighted by Crippen LogP contribution is 2.20. The van der Waals surface area contributed by atoms with Crippen molar-refractivity contribution in [3.63, 3.8) is 0 Å². The van der Waals surface area contributed by atoms with Crippen molar-refractivity contribution in [3.05, 3.63) is 51.8 Å². The Labute approximate surface area is 115 Å². The molecule has 2 rings (SSSR count).